The minimum Gasteiger partial charge on any atom is -0.391 e. The lowest BCUT2D eigenvalue weighted by Crippen LogP contribution is -2.19. The quantitative estimate of drug-likeness (QED) is 0.753. The Labute approximate surface area is 80.0 Å². The largest absolute Gasteiger partial charge is 0.391 e. The van der Waals surface area contributed by atoms with E-state index in [9.17, 15) is 5.11 Å². The van der Waals surface area contributed by atoms with Gasteiger partial charge in [0.1, 0.15) is 0 Å². The SMILES string of the molecule is O[C@@H]1CNC[C@H]1Sc1cccs1. The first-order valence-electron chi connectivity index (χ1n) is 3.95. The molecule has 2 heterocycles. The van der Waals surface area contributed by atoms with Crippen molar-refractivity contribution in [2.75, 3.05) is 13.1 Å². The summed E-state index contributed by atoms with van der Waals surface area (Å²) in [6, 6.07) is 4.14. The van der Waals surface area contributed by atoms with Crippen LogP contribution in [0.2, 0.25) is 0 Å². The summed E-state index contributed by atoms with van der Waals surface area (Å²) in [5, 5.41) is 15.1. The monoisotopic (exact) mass is 201 g/mol. The second-order valence-corrected chi connectivity index (χ2v) is 5.30. The summed E-state index contributed by atoms with van der Waals surface area (Å²) < 4.78 is 1.29. The number of thioether (sulfide) groups is 1. The molecule has 2 N–H and O–H groups in total. The van der Waals surface area contributed by atoms with E-state index in [1.165, 1.54) is 4.21 Å². The average Bonchev–Trinajstić information content (AvgIpc) is 2.65. The normalized spacial score (nSPS) is 29.4. The Kier molecular flexibility index (Phi) is 2.70. The number of hydrogen-bond acceptors (Lipinski definition) is 4. The summed E-state index contributed by atoms with van der Waals surface area (Å²) in [6.07, 6.45) is -0.183. The molecule has 2 nitrogen and oxygen atoms in total. The minimum atomic E-state index is -0.183. The maximum atomic E-state index is 9.51. The maximum absolute atomic E-state index is 9.51. The minimum absolute atomic E-state index is 0.183. The summed E-state index contributed by atoms with van der Waals surface area (Å²) >= 11 is 3.51. The van der Waals surface area contributed by atoms with Crippen molar-refractivity contribution in [3.8, 4) is 0 Å². The lowest BCUT2D eigenvalue weighted by molar-refractivity contribution is 0.201. The highest BCUT2D eigenvalue weighted by Crippen LogP contribution is 2.30. The van der Waals surface area contributed by atoms with Gasteiger partial charge in [0.05, 0.1) is 10.3 Å². The number of aliphatic hydroxyl groups excluding tert-OH is 1. The van der Waals surface area contributed by atoms with Crippen molar-refractivity contribution >= 4 is 23.1 Å². The van der Waals surface area contributed by atoms with E-state index >= 15 is 0 Å². The second kappa shape index (κ2) is 3.79. The molecule has 0 aliphatic carbocycles. The van der Waals surface area contributed by atoms with Crippen molar-refractivity contribution in [2.24, 2.45) is 0 Å². The van der Waals surface area contributed by atoms with Gasteiger partial charge in [-0.05, 0) is 11.4 Å². The number of hydrogen-bond donors (Lipinski definition) is 2. The van der Waals surface area contributed by atoms with Crippen LogP contribution in [0.5, 0.6) is 0 Å². The van der Waals surface area contributed by atoms with E-state index in [1.807, 2.05) is 6.07 Å². The number of β-amino-alcohol motifs (C(OH)–C–C–N with tert-alkyl or cyclic N) is 1. The molecular formula is C8H11NOS2. The molecule has 0 spiro atoms. The Morgan fingerprint density at radius 2 is 2.50 bits per heavy atom. The van der Waals surface area contributed by atoms with Crippen LogP contribution in [0.4, 0.5) is 0 Å². The third kappa shape index (κ3) is 1.82. The fourth-order valence-electron chi connectivity index (χ4n) is 1.24. The summed E-state index contributed by atoms with van der Waals surface area (Å²) in [5.41, 5.74) is 0. The van der Waals surface area contributed by atoms with Crippen LogP contribution < -0.4 is 5.32 Å². The standard InChI is InChI=1S/C8H11NOS2/c10-6-4-9-5-7(6)12-8-2-1-3-11-8/h1-3,6-7,9-10H,4-5H2/t6-,7-/m1/s1. The number of aliphatic hydroxyl groups is 1. The van der Waals surface area contributed by atoms with Gasteiger partial charge >= 0.3 is 0 Å². The topological polar surface area (TPSA) is 32.3 Å². The van der Waals surface area contributed by atoms with Crippen molar-refractivity contribution in [3.63, 3.8) is 0 Å². The number of nitrogens with one attached hydrogen (secondary N) is 1. The molecule has 0 saturated carbocycles. The third-order valence-electron chi connectivity index (χ3n) is 1.89. The molecule has 0 radical (unpaired) electrons. The first-order chi connectivity index (χ1) is 5.86. The van der Waals surface area contributed by atoms with Crippen molar-refractivity contribution in [3.05, 3.63) is 17.5 Å². The van der Waals surface area contributed by atoms with Crippen molar-refractivity contribution in [1.29, 1.82) is 0 Å². The van der Waals surface area contributed by atoms with Crippen molar-refractivity contribution in [1.82, 2.24) is 5.32 Å². The molecule has 1 fully saturated rings. The lowest BCUT2D eigenvalue weighted by Gasteiger charge is -2.10. The Bertz CT molecular complexity index is 237. The average molecular weight is 201 g/mol. The second-order valence-electron chi connectivity index (χ2n) is 2.81. The molecule has 2 rings (SSSR count). The van der Waals surface area contributed by atoms with Crippen LogP contribution in [0.3, 0.4) is 0 Å². The molecular weight excluding hydrogens is 190 g/mol. The van der Waals surface area contributed by atoms with Gasteiger partial charge in [-0.2, -0.15) is 0 Å². The highest BCUT2D eigenvalue weighted by atomic mass is 32.2. The molecule has 0 aromatic carbocycles. The molecule has 0 unspecified atom stereocenters. The van der Waals surface area contributed by atoms with Gasteiger partial charge in [0.25, 0.3) is 0 Å². The predicted octanol–water partition coefficient (Wildman–Crippen LogP) is 1.17. The molecule has 2 atom stereocenters. The van der Waals surface area contributed by atoms with E-state index in [4.69, 9.17) is 0 Å². The molecule has 1 aliphatic rings. The summed E-state index contributed by atoms with van der Waals surface area (Å²) in [7, 11) is 0. The molecule has 1 aromatic heterocycles. The smallest absolute Gasteiger partial charge is 0.0799 e. The molecule has 1 aliphatic heterocycles. The van der Waals surface area contributed by atoms with E-state index < -0.39 is 0 Å². The molecule has 0 bridgehead atoms. The molecule has 4 heteroatoms. The van der Waals surface area contributed by atoms with E-state index in [0.717, 1.165) is 13.1 Å². The van der Waals surface area contributed by atoms with Gasteiger partial charge in [0.2, 0.25) is 0 Å². The summed E-state index contributed by atoms with van der Waals surface area (Å²) in [5.74, 6) is 0. The highest BCUT2D eigenvalue weighted by molar-refractivity contribution is 8.01. The van der Waals surface area contributed by atoms with Crippen LogP contribution >= 0.6 is 23.1 Å². The van der Waals surface area contributed by atoms with Crippen LogP contribution in [0, 0.1) is 0 Å². The number of rotatable bonds is 2. The van der Waals surface area contributed by atoms with E-state index in [0.29, 0.717) is 5.25 Å². The fourth-order valence-corrected chi connectivity index (χ4v) is 3.36. The van der Waals surface area contributed by atoms with Crippen LogP contribution in [-0.4, -0.2) is 29.5 Å². The zero-order valence-corrected chi connectivity index (χ0v) is 8.20. The van der Waals surface area contributed by atoms with Gasteiger partial charge in [-0.25, -0.2) is 0 Å². The molecule has 1 aromatic rings. The van der Waals surface area contributed by atoms with Gasteiger partial charge in [-0.1, -0.05) is 6.07 Å². The first kappa shape index (κ1) is 8.56. The Balaban J connectivity index is 1.95. The summed E-state index contributed by atoms with van der Waals surface area (Å²) in [6.45, 7) is 1.66. The molecule has 12 heavy (non-hydrogen) atoms. The van der Waals surface area contributed by atoms with Crippen molar-refractivity contribution < 1.29 is 5.11 Å². The predicted molar refractivity (Wildman–Crippen MR) is 52.8 cm³/mol. The van der Waals surface area contributed by atoms with Gasteiger partial charge in [-0.3, -0.25) is 0 Å². The summed E-state index contributed by atoms with van der Waals surface area (Å²) in [4.78, 5) is 0. The molecule has 0 amide bonds. The number of thiophene rings is 1. The van der Waals surface area contributed by atoms with Crippen LogP contribution in [-0.2, 0) is 0 Å². The first-order valence-corrected chi connectivity index (χ1v) is 5.71. The maximum Gasteiger partial charge on any atom is 0.0799 e. The van der Waals surface area contributed by atoms with E-state index in [2.05, 4.69) is 16.8 Å². The molecule has 1 saturated heterocycles. The van der Waals surface area contributed by atoms with Crippen molar-refractivity contribution in [2.45, 2.75) is 15.6 Å². The van der Waals surface area contributed by atoms with E-state index in [1.54, 1.807) is 23.1 Å². The van der Waals surface area contributed by atoms with E-state index in [-0.39, 0.29) is 6.10 Å². The van der Waals surface area contributed by atoms with Crippen LogP contribution in [0.1, 0.15) is 0 Å². The van der Waals surface area contributed by atoms with Crippen LogP contribution in [0.25, 0.3) is 0 Å². The fraction of sp³-hybridized carbons (Fsp3) is 0.500. The third-order valence-corrected chi connectivity index (χ3v) is 4.28. The lowest BCUT2D eigenvalue weighted by atomic mass is 10.3. The van der Waals surface area contributed by atoms with Gasteiger partial charge in [0, 0.05) is 18.3 Å². The molecule has 66 valence electrons. The van der Waals surface area contributed by atoms with Gasteiger partial charge < -0.3 is 10.4 Å². The zero-order valence-electron chi connectivity index (χ0n) is 6.56. The Morgan fingerprint density at radius 3 is 3.08 bits per heavy atom. The zero-order chi connectivity index (χ0) is 8.39. The Hall–Kier alpha value is -0.0300. The van der Waals surface area contributed by atoms with Crippen LogP contribution in [0.15, 0.2) is 21.7 Å². The highest BCUT2D eigenvalue weighted by Gasteiger charge is 2.25. The van der Waals surface area contributed by atoms with Gasteiger partial charge in [-0.15, -0.1) is 23.1 Å². The Morgan fingerprint density at radius 1 is 1.58 bits per heavy atom. The van der Waals surface area contributed by atoms with Gasteiger partial charge in [0.15, 0.2) is 0 Å².